The van der Waals surface area contributed by atoms with Gasteiger partial charge in [-0.2, -0.15) is 0 Å². The molecule has 4 heteroatoms. The van der Waals surface area contributed by atoms with Crippen molar-refractivity contribution in [2.45, 2.75) is 6.61 Å². The van der Waals surface area contributed by atoms with Crippen LogP contribution in [0.4, 0.5) is 0 Å². The van der Waals surface area contributed by atoms with E-state index in [0.717, 1.165) is 22.8 Å². The van der Waals surface area contributed by atoms with Gasteiger partial charge in [-0.3, -0.25) is 0 Å². The van der Waals surface area contributed by atoms with Crippen LogP contribution in [-0.4, -0.2) is 21.8 Å². The minimum atomic E-state index is -0.000343. The average Bonchev–Trinajstić information content (AvgIpc) is 2.70. The maximum Gasteiger partial charge on any atom is 0.139 e. The van der Waals surface area contributed by atoms with Crippen molar-refractivity contribution in [1.82, 2.24) is 9.55 Å². The molecule has 1 N–H and O–H groups in total. The summed E-state index contributed by atoms with van der Waals surface area (Å²) in [5.41, 5.74) is 1.80. The fourth-order valence-electron chi connectivity index (χ4n) is 1.60. The number of hydrogen-bond acceptors (Lipinski definition) is 3. The average molecular weight is 218 g/mol. The first-order valence-electron chi connectivity index (χ1n) is 5.02. The number of imidazole rings is 1. The van der Waals surface area contributed by atoms with Gasteiger partial charge in [0.2, 0.25) is 0 Å². The van der Waals surface area contributed by atoms with Gasteiger partial charge in [0.1, 0.15) is 11.6 Å². The number of benzene rings is 1. The van der Waals surface area contributed by atoms with E-state index in [9.17, 15) is 0 Å². The molecule has 4 nitrogen and oxygen atoms in total. The Hall–Kier alpha value is -1.81. The summed E-state index contributed by atoms with van der Waals surface area (Å²) in [6, 6.07) is 7.68. The number of aliphatic hydroxyl groups is 1. The molecular formula is C12H14N2O2. The first kappa shape index (κ1) is 10.7. The number of methoxy groups -OCH3 is 1. The van der Waals surface area contributed by atoms with Crippen LogP contribution in [0.5, 0.6) is 5.75 Å². The molecule has 84 valence electrons. The second kappa shape index (κ2) is 4.37. The molecule has 1 aromatic carbocycles. The van der Waals surface area contributed by atoms with E-state index in [1.165, 1.54) is 0 Å². The van der Waals surface area contributed by atoms with E-state index >= 15 is 0 Å². The minimum Gasteiger partial charge on any atom is -0.497 e. The third kappa shape index (κ3) is 1.79. The van der Waals surface area contributed by atoms with Crippen LogP contribution >= 0.6 is 0 Å². The van der Waals surface area contributed by atoms with E-state index < -0.39 is 0 Å². The van der Waals surface area contributed by atoms with Gasteiger partial charge in [-0.25, -0.2) is 4.98 Å². The van der Waals surface area contributed by atoms with Crippen molar-refractivity contribution in [2.75, 3.05) is 7.11 Å². The van der Waals surface area contributed by atoms with Crippen LogP contribution < -0.4 is 4.74 Å². The van der Waals surface area contributed by atoms with Gasteiger partial charge in [-0.1, -0.05) is 0 Å². The SMILES string of the molecule is COc1ccc(-c2ncc(CO)n2C)cc1. The molecule has 1 heterocycles. The van der Waals surface area contributed by atoms with E-state index in [-0.39, 0.29) is 6.61 Å². The molecule has 2 rings (SSSR count). The smallest absolute Gasteiger partial charge is 0.139 e. The fraction of sp³-hybridized carbons (Fsp3) is 0.250. The van der Waals surface area contributed by atoms with Gasteiger partial charge in [0.15, 0.2) is 0 Å². The lowest BCUT2D eigenvalue weighted by Crippen LogP contribution is -1.98. The predicted octanol–water partition coefficient (Wildman–Crippen LogP) is 1.59. The van der Waals surface area contributed by atoms with E-state index in [4.69, 9.17) is 9.84 Å². The zero-order valence-corrected chi connectivity index (χ0v) is 9.34. The second-order valence-electron chi connectivity index (χ2n) is 3.52. The lowest BCUT2D eigenvalue weighted by atomic mass is 10.2. The van der Waals surface area contributed by atoms with Crippen molar-refractivity contribution in [2.24, 2.45) is 7.05 Å². The van der Waals surface area contributed by atoms with Gasteiger partial charge in [0.25, 0.3) is 0 Å². The highest BCUT2D eigenvalue weighted by Crippen LogP contribution is 2.21. The topological polar surface area (TPSA) is 47.3 Å². The highest BCUT2D eigenvalue weighted by molar-refractivity contribution is 5.57. The summed E-state index contributed by atoms with van der Waals surface area (Å²) in [7, 11) is 3.53. The second-order valence-corrected chi connectivity index (χ2v) is 3.52. The number of aliphatic hydroxyl groups excluding tert-OH is 1. The number of hydrogen-bond donors (Lipinski definition) is 1. The Morgan fingerprint density at radius 1 is 1.31 bits per heavy atom. The summed E-state index contributed by atoms with van der Waals surface area (Å²) < 4.78 is 6.97. The summed E-state index contributed by atoms with van der Waals surface area (Å²) in [6.45, 7) is -0.000343. The first-order chi connectivity index (χ1) is 7.76. The number of aromatic nitrogens is 2. The summed E-state index contributed by atoms with van der Waals surface area (Å²) in [6.07, 6.45) is 1.68. The lowest BCUT2D eigenvalue weighted by Gasteiger charge is -2.05. The van der Waals surface area contributed by atoms with E-state index in [1.54, 1.807) is 13.3 Å². The molecule has 1 aromatic heterocycles. The molecule has 0 bridgehead atoms. The summed E-state index contributed by atoms with van der Waals surface area (Å²) >= 11 is 0. The Balaban J connectivity index is 2.38. The molecule has 16 heavy (non-hydrogen) atoms. The third-order valence-electron chi connectivity index (χ3n) is 2.59. The van der Waals surface area contributed by atoms with Gasteiger partial charge < -0.3 is 14.4 Å². The van der Waals surface area contributed by atoms with Crippen LogP contribution in [0.3, 0.4) is 0 Å². The van der Waals surface area contributed by atoms with Crippen LogP contribution in [0.1, 0.15) is 5.69 Å². The Labute approximate surface area is 94.1 Å². The fourth-order valence-corrected chi connectivity index (χ4v) is 1.60. The Bertz CT molecular complexity index is 474. The van der Waals surface area contributed by atoms with Gasteiger partial charge in [0, 0.05) is 12.6 Å². The van der Waals surface area contributed by atoms with Gasteiger partial charge in [0.05, 0.1) is 25.6 Å². The van der Waals surface area contributed by atoms with E-state index in [2.05, 4.69) is 4.98 Å². The van der Waals surface area contributed by atoms with Crippen LogP contribution in [0.25, 0.3) is 11.4 Å². The molecule has 0 spiro atoms. The van der Waals surface area contributed by atoms with Crippen molar-refractivity contribution < 1.29 is 9.84 Å². The van der Waals surface area contributed by atoms with Crippen molar-refractivity contribution >= 4 is 0 Å². The molecule has 0 amide bonds. The van der Waals surface area contributed by atoms with Crippen LogP contribution in [0.15, 0.2) is 30.5 Å². The zero-order chi connectivity index (χ0) is 11.5. The minimum absolute atomic E-state index is 0.000343. The normalized spacial score (nSPS) is 10.4. The van der Waals surface area contributed by atoms with Crippen molar-refractivity contribution in [3.63, 3.8) is 0 Å². The summed E-state index contributed by atoms with van der Waals surface area (Å²) in [5, 5.41) is 9.08. The largest absolute Gasteiger partial charge is 0.497 e. The molecule has 0 aliphatic rings. The van der Waals surface area contributed by atoms with Crippen molar-refractivity contribution in [3.8, 4) is 17.1 Å². The highest BCUT2D eigenvalue weighted by Gasteiger charge is 2.07. The van der Waals surface area contributed by atoms with Crippen molar-refractivity contribution in [3.05, 3.63) is 36.2 Å². The predicted molar refractivity (Wildman–Crippen MR) is 61.1 cm³/mol. The number of rotatable bonds is 3. The number of nitrogens with zero attached hydrogens (tertiary/aromatic N) is 2. The molecule has 0 fully saturated rings. The molecule has 2 aromatic rings. The molecule has 0 saturated heterocycles. The van der Waals surface area contributed by atoms with Gasteiger partial charge >= 0.3 is 0 Å². The summed E-state index contributed by atoms with van der Waals surface area (Å²) in [5.74, 6) is 1.66. The van der Waals surface area contributed by atoms with Crippen LogP contribution in [0.2, 0.25) is 0 Å². The molecule has 0 saturated carbocycles. The van der Waals surface area contributed by atoms with Gasteiger partial charge in [-0.05, 0) is 24.3 Å². The Morgan fingerprint density at radius 2 is 2.00 bits per heavy atom. The molecular weight excluding hydrogens is 204 g/mol. The highest BCUT2D eigenvalue weighted by atomic mass is 16.5. The molecule has 0 aliphatic heterocycles. The molecule has 0 aliphatic carbocycles. The third-order valence-corrected chi connectivity index (χ3v) is 2.59. The molecule has 0 radical (unpaired) electrons. The number of ether oxygens (including phenoxy) is 1. The first-order valence-corrected chi connectivity index (χ1v) is 5.02. The quantitative estimate of drug-likeness (QED) is 0.851. The maximum atomic E-state index is 9.08. The van der Waals surface area contributed by atoms with Crippen molar-refractivity contribution in [1.29, 1.82) is 0 Å². The summed E-state index contributed by atoms with van der Waals surface area (Å²) in [4.78, 5) is 4.27. The van der Waals surface area contributed by atoms with Gasteiger partial charge in [-0.15, -0.1) is 0 Å². The Kier molecular flexibility index (Phi) is 2.92. The standard InChI is InChI=1S/C12H14N2O2/c1-14-10(8-15)7-13-12(14)9-3-5-11(16-2)6-4-9/h3-7,15H,8H2,1-2H3. The monoisotopic (exact) mass is 218 g/mol. The zero-order valence-electron chi connectivity index (χ0n) is 9.34. The molecule has 0 atom stereocenters. The maximum absolute atomic E-state index is 9.08. The van der Waals surface area contributed by atoms with E-state index in [0.29, 0.717) is 0 Å². The Morgan fingerprint density at radius 3 is 2.50 bits per heavy atom. The lowest BCUT2D eigenvalue weighted by molar-refractivity contribution is 0.273. The molecule has 0 unspecified atom stereocenters. The van der Waals surface area contributed by atoms with Crippen LogP contribution in [-0.2, 0) is 13.7 Å². The van der Waals surface area contributed by atoms with Crippen LogP contribution in [0, 0.1) is 0 Å². The van der Waals surface area contributed by atoms with E-state index in [1.807, 2.05) is 35.9 Å².